The first-order valence-corrected chi connectivity index (χ1v) is 13.0. The molecule has 0 heterocycles. The predicted molar refractivity (Wildman–Crippen MR) is 167 cm³/mol. The summed E-state index contributed by atoms with van der Waals surface area (Å²) >= 11 is 0. The molecule has 1 amide bonds. The molecule has 210 valence electrons. The first-order chi connectivity index (χ1) is 18.9. The van der Waals surface area contributed by atoms with Gasteiger partial charge >= 0.3 is 101 Å². The van der Waals surface area contributed by atoms with Gasteiger partial charge in [0.25, 0.3) is 16.0 Å². The van der Waals surface area contributed by atoms with Crippen molar-refractivity contribution in [3.8, 4) is 0 Å². The molecular weight excluding hydrogens is 609 g/mol. The van der Waals surface area contributed by atoms with E-state index in [1.807, 2.05) is 0 Å². The molecule has 0 aliphatic carbocycles. The average Bonchev–Trinajstić information content (AvgIpc) is 2.91. The monoisotopic (exact) mass is 634 g/mol. The van der Waals surface area contributed by atoms with Gasteiger partial charge in [-0.1, -0.05) is 36.4 Å². The van der Waals surface area contributed by atoms with Crippen LogP contribution in [0.5, 0.6) is 0 Å². The van der Waals surface area contributed by atoms with Crippen LogP contribution in [-0.4, -0.2) is 130 Å². The number of carbonyl (C=O) groups is 3. The number of aliphatic carboxylic acids is 2. The van der Waals surface area contributed by atoms with Gasteiger partial charge in [-0.3, -0.25) is 18.9 Å². The van der Waals surface area contributed by atoms with Crippen molar-refractivity contribution in [2.75, 3.05) is 11.1 Å². The number of carboxylic acids is 2. The van der Waals surface area contributed by atoms with E-state index >= 15 is 0 Å². The molecular formula is C27H25N4Na3O8S. The third kappa shape index (κ3) is 9.93. The number of benzene rings is 4. The van der Waals surface area contributed by atoms with Crippen LogP contribution in [0.4, 0.5) is 22.7 Å². The summed E-state index contributed by atoms with van der Waals surface area (Å²) in [4.78, 5) is 34.4. The van der Waals surface area contributed by atoms with E-state index in [2.05, 4.69) is 15.5 Å². The molecule has 4 aromatic rings. The second-order valence-electron chi connectivity index (χ2n) is 8.66. The molecule has 6 N–H and O–H groups in total. The Morgan fingerprint density at radius 2 is 1.37 bits per heavy atom. The van der Waals surface area contributed by atoms with Crippen LogP contribution in [0.25, 0.3) is 10.8 Å². The maximum atomic E-state index is 12.6. The molecule has 0 saturated carbocycles. The van der Waals surface area contributed by atoms with Crippen LogP contribution in [0.15, 0.2) is 94.0 Å². The van der Waals surface area contributed by atoms with Gasteiger partial charge in [0.2, 0.25) is 0 Å². The number of carbonyl (C=O) groups excluding carboxylic acids is 1. The van der Waals surface area contributed by atoms with Crippen LogP contribution >= 0.6 is 0 Å². The quantitative estimate of drug-likeness (QED) is 0.0602. The van der Waals surface area contributed by atoms with Crippen LogP contribution in [0.2, 0.25) is 0 Å². The van der Waals surface area contributed by atoms with Crippen molar-refractivity contribution in [1.29, 1.82) is 0 Å². The predicted octanol–water partition coefficient (Wildman–Crippen LogP) is 2.72. The number of rotatable bonds is 9. The van der Waals surface area contributed by atoms with E-state index in [9.17, 15) is 27.4 Å². The second kappa shape index (κ2) is 16.8. The minimum atomic E-state index is -4.56. The van der Waals surface area contributed by atoms with Crippen molar-refractivity contribution < 1.29 is 37.6 Å². The maximum absolute atomic E-state index is 12.6. The molecule has 0 unspecified atom stereocenters. The summed E-state index contributed by atoms with van der Waals surface area (Å²) in [5, 5.41) is 29.5. The number of nitrogens with two attached hydrogens (primary N) is 1. The Kier molecular flexibility index (Phi) is 15.2. The number of nitrogen functional groups attached to an aromatic ring is 1. The summed E-state index contributed by atoms with van der Waals surface area (Å²) in [6.07, 6.45) is -0.198. The normalized spacial score (nSPS) is 10.8. The van der Waals surface area contributed by atoms with Crippen molar-refractivity contribution in [3.63, 3.8) is 0 Å². The molecule has 4 rings (SSSR count). The molecule has 0 aliphatic rings. The summed E-state index contributed by atoms with van der Waals surface area (Å²) in [6.45, 7) is 0. The number of nitrogens with zero attached hydrogens (tertiary/aromatic N) is 2. The fourth-order valence-corrected chi connectivity index (χ4v) is 4.60. The molecule has 43 heavy (non-hydrogen) atoms. The van der Waals surface area contributed by atoms with Gasteiger partial charge < -0.3 is 21.3 Å². The van der Waals surface area contributed by atoms with Crippen LogP contribution in [0.3, 0.4) is 0 Å². The van der Waals surface area contributed by atoms with Crippen molar-refractivity contribution in [1.82, 2.24) is 0 Å². The van der Waals surface area contributed by atoms with Crippen LogP contribution in [0, 0.1) is 5.92 Å². The van der Waals surface area contributed by atoms with Gasteiger partial charge in [-0.05, 0) is 54.4 Å². The Bertz CT molecular complexity index is 1750. The molecule has 0 spiro atoms. The van der Waals surface area contributed by atoms with Crippen LogP contribution < -0.4 is 11.1 Å². The van der Waals surface area contributed by atoms with Crippen LogP contribution in [-0.2, 0) is 26.1 Å². The third-order valence-electron chi connectivity index (χ3n) is 5.95. The van der Waals surface area contributed by atoms with Crippen molar-refractivity contribution in [2.45, 2.75) is 11.3 Å². The Balaban J connectivity index is 0.00000308. The van der Waals surface area contributed by atoms with Crippen LogP contribution in [0.1, 0.15) is 15.9 Å². The first-order valence-electron chi connectivity index (χ1n) is 11.6. The van der Waals surface area contributed by atoms with E-state index in [0.717, 1.165) is 6.07 Å². The molecule has 0 saturated heterocycles. The molecule has 0 aliphatic heterocycles. The van der Waals surface area contributed by atoms with E-state index in [4.69, 9.17) is 15.9 Å². The van der Waals surface area contributed by atoms with Gasteiger partial charge in [0, 0.05) is 22.0 Å². The number of azo groups is 1. The van der Waals surface area contributed by atoms with E-state index in [0.29, 0.717) is 27.9 Å². The minimum absolute atomic E-state index is 0. The fourth-order valence-electron chi connectivity index (χ4n) is 3.88. The summed E-state index contributed by atoms with van der Waals surface area (Å²) in [5.41, 5.74) is 7.90. The van der Waals surface area contributed by atoms with Crippen molar-refractivity contribution >= 4 is 150 Å². The van der Waals surface area contributed by atoms with Gasteiger partial charge in [-0.15, -0.1) is 5.11 Å². The van der Waals surface area contributed by atoms with E-state index in [-0.39, 0.29) is 117 Å². The summed E-state index contributed by atoms with van der Waals surface area (Å²) in [7, 11) is -4.56. The summed E-state index contributed by atoms with van der Waals surface area (Å²) < 4.78 is 33.4. The van der Waals surface area contributed by atoms with Gasteiger partial charge in [0.15, 0.2) is 5.92 Å². The topological polar surface area (TPSA) is 209 Å². The number of nitrogens with one attached hydrogen (secondary N) is 1. The molecule has 0 aromatic heterocycles. The molecule has 0 atom stereocenters. The van der Waals surface area contributed by atoms with Crippen molar-refractivity contribution in [3.05, 3.63) is 90.0 Å². The number of amides is 1. The first kappa shape index (κ1) is 38.9. The van der Waals surface area contributed by atoms with Gasteiger partial charge in [-0.2, -0.15) is 13.5 Å². The fraction of sp³-hybridized carbons (Fsp3) is 0.0741. The number of hydrogen-bond acceptors (Lipinski definition) is 8. The number of fused-ring (bicyclic) bond motifs is 1. The van der Waals surface area contributed by atoms with Gasteiger partial charge in [0.05, 0.1) is 11.4 Å². The van der Waals surface area contributed by atoms with E-state index in [1.165, 1.54) is 54.6 Å². The molecule has 0 fully saturated rings. The standard InChI is InChI=1S/C27H22N4O8S.3Na.3H/c28-24-20-4-2-1-3-19(20)23(40(37,38)39)14-22(24)31-30-18-11-7-16(8-12-18)25(32)29-17-9-5-15(6-10-17)13-21(26(33)34)27(35)36;;;;;;/h1-12,14,21H,13,28H2,(H,29,32)(H,33,34)(H,35,36)(H,37,38,39);;;;;;/b31-30+;;;;;;. The van der Waals surface area contributed by atoms with Gasteiger partial charge in [-0.25, -0.2) is 0 Å². The molecule has 4 aromatic carbocycles. The third-order valence-corrected chi connectivity index (χ3v) is 6.85. The Hall–Kier alpha value is -2.14. The second-order valence-corrected chi connectivity index (χ2v) is 10.0. The Labute approximate surface area is 312 Å². The van der Waals surface area contributed by atoms with Gasteiger partial charge in [0.1, 0.15) is 10.6 Å². The Morgan fingerprint density at radius 1 is 0.814 bits per heavy atom. The average molecular weight is 635 g/mol. The van der Waals surface area contributed by atoms with E-state index < -0.39 is 33.9 Å². The zero-order chi connectivity index (χ0) is 29.0. The number of hydrogen-bond donors (Lipinski definition) is 5. The zero-order valence-corrected chi connectivity index (χ0v) is 21.4. The number of carboxylic acid groups (broad SMARTS) is 2. The summed E-state index contributed by atoms with van der Waals surface area (Å²) in [6, 6.07) is 19.7. The van der Waals surface area contributed by atoms with E-state index in [1.54, 1.807) is 18.2 Å². The SMILES string of the molecule is Nc1c(/N=N/c2ccc(C(=O)Nc3ccc(CC(C(=O)O)C(=O)O)cc3)cc2)cc(S(=O)(=O)O)c2ccccc12.[NaH].[NaH].[NaH]. The summed E-state index contributed by atoms with van der Waals surface area (Å²) in [5.74, 6) is -4.88. The Morgan fingerprint density at radius 3 is 1.91 bits per heavy atom. The molecule has 12 nitrogen and oxygen atoms in total. The molecule has 16 heteroatoms. The molecule has 0 bridgehead atoms. The molecule has 0 radical (unpaired) electrons. The zero-order valence-electron chi connectivity index (χ0n) is 20.6. The number of anilines is 2. The van der Waals surface area contributed by atoms with Crippen molar-refractivity contribution in [2.24, 2.45) is 16.1 Å².